The van der Waals surface area contributed by atoms with Crippen LogP contribution in [0.25, 0.3) is 0 Å². The van der Waals surface area contributed by atoms with E-state index >= 15 is 4.39 Å². The van der Waals surface area contributed by atoms with E-state index in [4.69, 9.17) is 23.2 Å². The van der Waals surface area contributed by atoms with Crippen LogP contribution in [-0.4, -0.2) is 37.0 Å². The van der Waals surface area contributed by atoms with Crippen molar-refractivity contribution in [3.05, 3.63) is 93.2 Å². The number of benzene rings is 3. The van der Waals surface area contributed by atoms with E-state index in [0.29, 0.717) is 34.8 Å². The first-order chi connectivity index (χ1) is 19.8. The third-order valence-electron chi connectivity index (χ3n) is 9.43. The molecule has 0 radical (unpaired) electrons. The van der Waals surface area contributed by atoms with Gasteiger partial charge in [-0.3, -0.25) is 14.9 Å². The molecule has 0 aromatic heterocycles. The number of hydrogen-bond acceptors (Lipinski definition) is 4. The fraction of sp³-hybridized carbons (Fsp3) is 0.375. The van der Waals surface area contributed by atoms with E-state index in [1.807, 2.05) is 18.2 Å². The van der Waals surface area contributed by atoms with Gasteiger partial charge in [0.2, 0.25) is 5.91 Å². The van der Waals surface area contributed by atoms with Crippen molar-refractivity contribution < 1.29 is 14.0 Å². The predicted molar refractivity (Wildman–Crippen MR) is 161 cm³/mol. The summed E-state index contributed by atoms with van der Waals surface area (Å²) in [6.07, 6.45) is 5.64. The number of anilines is 2. The molecule has 0 unspecified atom stereocenters. The molecule has 2 fully saturated rings. The molecular formula is C32H33Cl2FN4O2. The van der Waals surface area contributed by atoms with Crippen LogP contribution >= 0.6 is 23.2 Å². The van der Waals surface area contributed by atoms with Crippen LogP contribution in [0.1, 0.15) is 59.5 Å². The Kier molecular flexibility index (Phi) is 7.47. The number of rotatable bonds is 4. The minimum atomic E-state index is -0.713. The molecule has 41 heavy (non-hydrogen) atoms. The molecule has 2 spiro atoms. The van der Waals surface area contributed by atoms with Gasteiger partial charge < -0.3 is 16.0 Å². The summed E-state index contributed by atoms with van der Waals surface area (Å²) in [6, 6.07) is 17.0. The standard InChI is InChI=1S/C32H33Cl2FN4O2/c1-36-29(40)19-9-12-22(13-10-19)38-30(41)28-26(23-6-5-7-24(34)27(23)35)31(32(39-28)14-3-2-4-15-32)17-20-8-11-21(33)16-25(20)37-18-31/h5-13,16,26,28,37,39H,2-4,14-15,17-18H2,1H3,(H,36,40)(H,38,41)/t26-,28+,31-/m0/s1. The van der Waals surface area contributed by atoms with Gasteiger partial charge in [-0.2, -0.15) is 0 Å². The Labute approximate surface area is 249 Å². The zero-order valence-corrected chi connectivity index (χ0v) is 24.3. The van der Waals surface area contributed by atoms with Gasteiger partial charge in [0.1, 0.15) is 5.82 Å². The summed E-state index contributed by atoms with van der Waals surface area (Å²) in [5, 5.41) is 13.8. The fourth-order valence-electron chi connectivity index (χ4n) is 7.54. The number of carbonyl (C=O) groups excluding carboxylic acids is 2. The third-order valence-corrected chi connectivity index (χ3v) is 9.96. The first-order valence-electron chi connectivity index (χ1n) is 14.1. The van der Waals surface area contributed by atoms with Crippen molar-refractivity contribution in [1.82, 2.24) is 10.6 Å². The minimum Gasteiger partial charge on any atom is -0.384 e. The maximum Gasteiger partial charge on any atom is 0.251 e. The van der Waals surface area contributed by atoms with Gasteiger partial charge in [-0.1, -0.05) is 60.7 Å². The first-order valence-corrected chi connectivity index (χ1v) is 14.9. The Balaban J connectivity index is 1.45. The molecule has 3 atom stereocenters. The summed E-state index contributed by atoms with van der Waals surface area (Å²) in [5.41, 5.74) is 2.69. The normalized spacial score (nSPS) is 24.5. The number of carbonyl (C=O) groups is 2. The lowest BCUT2D eigenvalue weighted by atomic mass is 9.55. The van der Waals surface area contributed by atoms with Crippen molar-refractivity contribution in [2.24, 2.45) is 5.41 Å². The molecule has 2 amide bonds. The number of amides is 2. The van der Waals surface area contributed by atoms with Crippen molar-refractivity contribution in [3.8, 4) is 0 Å². The van der Waals surface area contributed by atoms with E-state index in [9.17, 15) is 9.59 Å². The van der Waals surface area contributed by atoms with Crippen molar-refractivity contribution in [3.63, 3.8) is 0 Å². The minimum absolute atomic E-state index is 0.0437. The number of hydrogen-bond donors (Lipinski definition) is 4. The van der Waals surface area contributed by atoms with Gasteiger partial charge in [-0.25, -0.2) is 4.39 Å². The van der Waals surface area contributed by atoms with Gasteiger partial charge in [0, 0.05) is 52.4 Å². The zero-order chi connectivity index (χ0) is 28.8. The summed E-state index contributed by atoms with van der Waals surface area (Å²) in [7, 11) is 1.57. The summed E-state index contributed by atoms with van der Waals surface area (Å²) in [6.45, 7) is 0.564. The average molecular weight is 596 g/mol. The van der Waals surface area contributed by atoms with Gasteiger partial charge in [-0.15, -0.1) is 0 Å². The van der Waals surface area contributed by atoms with Crippen LogP contribution in [0, 0.1) is 11.2 Å². The van der Waals surface area contributed by atoms with Gasteiger partial charge in [0.05, 0.1) is 11.1 Å². The second kappa shape index (κ2) is 10.9. The monoisotopic (exact) mass is 594 g/mol. The van der Waals surface area contributed by atoms with Gasteiger partial charge in [0.15, 0.2) is 0 Å². The molecule has 2 aliphatic heterocycles. The van der Waals surface area contributed by atoms with E-state index in [0.717, 1.165) is 43.4 Å². The van der Waals surface area contributed by atoms with Crippen LogP contribution < -0.4 is 21.3 Å². The molecule has 0 bridgehead atoms. The zero-order valence-electron chi connectivity index (χ0n) is 22.8. The van der Waals surface area contributed by atoms with E-state index in [-0.39, 0.29) is 22.4 Å². The fourth-order valence-corrected chi connectivity index (χ4v) is 7.90. The van der Waals surface area contributed by atoms with Crippen molar-refractivity contribution >= 4 is 46.4 Å². The molecule has 3 aromatic rings. The molecule has 1 saturated carbocycles. The average Bonchev–Trinajstić information content (AvgIpc) is 3.23. The van der Waals surface area contributed by atoms with E-state index in [1.165, 1.54) is 0 Å². The highest BCUT2D eigenvalue weighted by Crippen LogP contribution is 2.61. The summed E-state index contributed by atoms with van der Waals surface area (Å²) in [4.78, 5) is 26.2. The smallest absolute Gasteiger partial charge is 0.251 e. The van der Waals surface area contributed by atoms with Crippen molar-refractivity contribution in [2.45, 2.75) is 56.0 Å². The Bertz CT molecular complexity index is 1490. The van der Waals surface area contributed by atoms with E-state index in [2.05, 4.69) is 21.3 Å². The maximum absolute atomic E-state index is 15.9. The Hall–Kier alpha value is -3.13. The lowest BCUT2D eigenvalue weighted by Crippen LogP contribution is -2.59. The van der Waals surface area contributed by atoms with Crippen molar-refractivity contribution in [2.75, 3.05) is 24.2 Å². The molecular weight excluding hydrogens is 562 g/mol. The molecule has 6 rings (SSSR count). The lowest BCUT2D eigenvalue weighted by molar-refractivity contribution is -0.118. The Morgan fingerprint density at radius 3 is 2.49 bits per heavy atom. The molecule has 4 N–H and O–H groups in total. The quantitative estimate of drug-likeness (QED) is 0.276. The number of fused-ring (bicyclic) bond motifs is 2. The van der Waals surface area contributed by atoms with Crippen LogP contribution in [0.15, 0.2) is 60.7 Å². The van der Waals surface area contributed by atoms with E-state index in [1.54, 1.807) is 49.5 Å². The first kappa shape index (κ1) is 28.0. The van der Waals surface area contributed by atoms with Crippen LogP contribution in [0.2, 0.25) is 10.0 Å². The van der Waals surface area contributed by atoms with Gasteiger partial charge >= 0.3 is 0 Å². The summed E-state index contributed by atoms with van der Waals surface area (Å²) in [5.74, 6) is -1.43. The third kappa shape index (κ3) is 4.78. The van der Waals surface area contributed by atoms with Crippen LogP contribution in [0.3, 0.4) is 0 Å². The molecule has 214 valence electrons. The summed E-state index contributed by atoms with van der Waals surface area (Å²) < 4.78 is 15.9. The molecule has 1 aliphatic carbocycles. The van der Waals surface area contributed by atoms with Gasteiger partial charge in [0.25, 0.3) is 5.91 Å². The van der Waals surface area contributed by atoms with Gasteiger partial charge in [-0.05, 0) is 72.9 Å². The number of nitrogens with one attached hydrogen (secondary N) is 4. The molecule has 2 heterocycles. The van der Waals surface area contributed by atoms with Crippen LogP contribution in [0.4, 0.5) is 15.8 Å². The predicted octanol–water partition coefficient (Wildman–Crippen LogP) is 6.54. The summed E-state index contributed by atoms with van der Waals surface area (Å²) >= 11 is 12.7. The molecule has 6 nitrogen and oxygen atoms in total. The maximum atomic E-state index is 15.9. The van der Waals surface area contributed by atoms with Crippen LogP contribution in [-0.2, 0) is 11.2 Å². The van der Waals surface area contributed by atoms with E-state index < -0.39 is 23.2 Å². The Morgan fingerprint density at radius 1 is 1.00 bits per heavy atom. The Morgan fingerprint density at radius 2 is 1.76 bits per heavy atom. The van der Waals surface area contributed by atoms with Crippen molar-refractivity contribution in [1.29, 1.82) is 0 Å². The SMILES string of the molecule is CNC(=O)c1ccc(NC(=O)[C@@H]2NC3(CCCCC3)[C@@]3(CNc4cc(Cl)ccc4C3)[C@H]2c2cccc(Cl)c2F)cc1. The van der Waals surface area contributed by atoms with Crippen LogP contribution in [0.5, 0.6) is 0 Å². The highest BCUT2D eigenvalue weighted by atomic mass is 35.5. The molecule has 3 aromatic carbocycles. The highest BCUT2D eigenvalue weighted by molar-refractivity contribution is 6.31. The largest absolute Gasteiger partial charge is 0.384 e. The molecule has 1 saturated heterocycles. The second-order valence-corrected chi connectivity index (χ2v) is 12.4. The topological polar surface area (TPSA) is 82.3 Å². The molecule has 3 aliphatic rings. The lowest BCUT2D eigenvalue weighted by Gasteiger charge is -2.53. The molecule has 9 heteroatoms. The number of halogens is 3. The second-order valence-electron chi connectivity index (χ2n) is 11.5. The highest BCUT2D eigenvalue weighted by Gasteiger charge is 2.66.